The summed E-state index contributed by atoms with van der Waals surface area (Å²) in [6.07, 6.45) is 0. The molecule has 0 aliphatic heterocycles. The lowest BCUT2D eigenvalue weighted by Gasteiger charge is -2.32. The van der Waals surface area contributed by atoms with Crippen molar-refractivity contribution in [2.75, 3.05) is 6.67 Å². The van der Waals surface area contributed by atoms with E-state index in [1.807, 2.05) is 0 Å². The van der Waals surface area contributed by atoms with Crippen LogP contribution in [0.3, 0.4) is 0 Å². The number of rotatable bonds is 3. The monoisotopic (exact) mass is 170 g/mol. The van der Waals surface area contributed by atoms with Gasteiger partial charge in [-0.2, -0.15) is 0 Å². The third kappa shape index (κ3) is 1.86. The smallest absolute Gasteiger partial charge is 0.280 e. The van der Waals surface area contributed by atoms with Gasteiger partial charge in [0, 0.05) is 5.92 Å². The van der Waals surface area contributed by atoms with Gasteiger partial charge < -0.3 is 5.11 Å². The summed E-state index contributed by atoms with van der Waals surface area (Å²) >= 11 is 0. The van der Waals surface area contributed by atoms with Gasteiger partial charge in [0.2, 0.25) is 0 Å². The molecule has 0 bridgehead atoms. The second-order valence-electron chi connectivity index (χ2n) is 3.19. The highest BCUT2D eigenvalue weighted by molar-refractivity contribution is 4.90. The van der Waals surface area contributed by atoms with Crippen molar-refractivity contribution < 1.29 is 18.3 Å². The van der Waals surface area contributed by atoms with Crippen molar-refractivity contribution in [1.82, 2.24) is 0 Å². The fourth-order valence-corrected chi connectivity index (χ4v) is 0.711. The highest BCUT2D eigenvalue weighted by Crippen LogP contribution is 2.35. The third-order valence-electron chi connectivity index (χ3n) is 1.70. The molecule has 0 saturated heterocycles. The first-order valence-electron chi connectivity index (χ1n) is 3.42. The number of hydrogen-bond donors (Lipinski definition) is 1. The van der Waals surface area contributed by atoms with Crippen LogP contribution in [0.15, 0.2) is 0 Å². The fraction of sp³-hybridized carbons (Fsp3) is 1.00. The molecule has 0 aliphatic carbocycles. The quantitative estimate of drug-likeness (QED) is 0.686. The molecule has 0 amide bonds. The minimum atomic E-state index is -3.37. The zero-order valence-corrected chi connectivity index (χ0v) is 6.87. The van der Waals surface area contributed by atoms with E-state index in [4.69, 9.17) is 5.11 Å². The van der Waals surface area contributed by atoms with Crippen molar-refractivity contribution in [1.29, 1.82) is 0 Å². The Morgan fingerprint density at radius 2 is 1.73 bits per heavy atom. The molecule has 4 heteroatoms. The Labute approximate surface area is 64.2 Å². The number of aliphatic hydroxyl groups is 1. The van der Waals surface area contributed by atoms with Gasteiger partial charge in [-0.15, -0.1) is 0 Å². The molecule has 1 N–H and O–H groups in total. The van der Waals surface area contributed by atoms with E-state index in [0.29, 0.717) is 0 Å². The Kier molecular flexibility index (Phi) is 2.94. The molecule has 0 fully saturated rings. The zero-order chi connectivity index (χ0) is 9.28. The molecule has 0 aromatic carbocycles. The Balaban J connectivity index is 4.53. The summed E-state index contributed by atoms with van der Waals surface area (Å²) in [5, 5.41) is 8.90. The molecule has 11 heavy (non-hydrogen) atoms. The minimum absolute atomic E-state index is 0.799. The molecule has 0 radical (unpaired) electrons. The van der Waals surface area contributed by atoms with Crippen LogP contribution in [0, 0.1) is 5.92 Å². The Morgan fingerprint density at radius 3 is 1.82 bits per heavy atom. The van der Waals surface area contributed by atoms with Gasteiger partial charge in [0.25, 0.3) is 5.92 Å². The molecule has 0 aromatic heterocycles. The molecule has 0 heterocycles. The van der Waals surface area contributed by atoms with Crippen molar-refractivity contribution >= 4 is 0 Å². The van der Waals surface area contributed by atoms with Gasteiger partial charge in [0.15, 0.2) is 5.60 Å². The van der Waals surface area contributed by atoms with Gasteiger partial charge in [-0.05, 0) is 6.92 Å². The molecule has 1 atom stereocenters. The maximum atomic E-state index is 12.8. The van der Waals surface area contributed by atoms with Crippen molar-refractivity contribution in [2.45, 2.75) is 32.3 Å². The van der Waals surface area contributed by atoms with E-state index in [-0.39, 0.29) is 0 Å². The Morgan fingerprint density at radius 1 is 1.36 bits per heavy atom. The van der Waals surface area contributed by atoms with Crippen LogP contribution in [0.25, 0.3) is 0 Å². The van der Waals surface area contributed by atoms with Gasteiger partial charge in [-0.3, -0.25) is 0 Å². The van der Waals surface area contributed by atoms with Gasteiger partial charge in [-0.25, -0.2) is 13.2 Å². The predicted molar refractivity (Wildman–Crippen MR) is 36.4 cm³/mol. The van der Waals surface area contributed by atoms with Crippen LogP contribution in [0.4, 0.5) is 13.2 Å². The van der Waals surface area contributed by atoms with Gasteiger partial charge in [-0.1, -0.05) is 13.8 Å². The topological polar surface area (TPSA) is 20.2 Å². The minimum Gasteiger partial charge on any atom is -0.381 e. The highest BCUT2D eigenvalue weighted by Gasteiger charge is 2.51. The lowest BCUT2D eigenvalue weighted by atomic mass is 9.90. The van der Waals surface area contributed by atoms with Crippen LogP contribution in [0.5, 0.6) is 0 Å². The average Bonchev–Trinajstić information content (AvgIpc) is 1.87. The number of hydrogen-bond acceptors (Lipinski definition) is 1. The maximum Gasteiger partial charge on any atom is 0.280 e. The van der Waals surface area contributed by atoms with Crippen molar-refractivity contribution in [3.05, 3.63) is 0 Å². The van der Waals surface area contributed by atoms with Gasteiger partial charge in [0.1, 0.15) is 6.67 Å². The van der Waals surface area contributed by atoms with Crippen LogP contribution in [-0.2, 0) is 0 Å². The molecular formula is C7H13F3O. The normalized spacial score (nSPS) is 18.5. The lowest BCUT2D eigenvalue weighted by Crippen LogP contribution is -2.50. The van der Waals surface area contributed by atoms with E-state index in [0.717, 1.165) is 6.92 Å². The summed E-state index contributed by atoms with van der Waals surface area (Å²) < 4.78 is 37.6. The average molecular weight is 170 g/mol. The molecule has 0 aromatic rings. The van der Waals surface area contributed by atoms with E-state index in [2.05, 4.69) is 0 Å². The van der Waals surface area contributed by atoms with E-state index in [1.54, 1.807) is 0 Å². The second kappa shape index (κ2) is 3.01. The highest BCUT2D eigenvalue weighted by atomic mass is 19.3. The number of halogens is 3. The third-order valence-corrected chi connectivity index (χ3v) is 1.70. The molecular weight excluding hydrogens is 157 g/mol. The first-order valence-corrected chi connectivity index (χ1v) is 3.42. The number of alkyl halides is 3. The summed E-state index contributed by atoms with van der Waals surface area (Å²) in [6, 6.07) is 0. The maximum absolute atomic E-state index is 12.8. The Bertz CT molecular complexity index is 132. The summed E-state index contributed by atoms with van der Waals surface area (Å²) in [6.45, 7) is 1.85. The first kappa shape index (κ1) is 10.8. The molecule has 1 nitrogen and oxygen atoms in total. The van der Waals surface area contributed by atoms with Gasteiger partial charge in [0.05, 0.1) is 0 Å². The molecule has 0 spiro atoms. The summed E-state index contributed by atoms with van der Waals surface area (Å²) in [5.74, 6) is -4.44. The predicted octanol–water partition coefficient (Wildman–Crippen LogP) is 2.00. The van der Waals surface area contributed by atoms with Crippen LogP contribution in [-0.4, -0.2) is 23.3 Å². The van der Waals surface area contributed by atoms with Crippen molar-refractivity contribution in [3.63, 3.8) is 0 Å². The SMILES string of the molecule is CC(C)C(F)(F)C(C)(O)CF. The lowest BCUT2D eigenvalue weighted by molar-refractivity contribution is -0.202. The van der Waals surface area contributed by atoms with E-state index in [9.17, 15) is 13.2 Å². The summed E-state index contributed by atoms with van der Waals surface area (Å²) in [4.78, 5) is 0. The fourth-order valence-electron chi connectivity index (χ4n) is 0.711. The van der Waals surface area contributed by atoms with Crippen molar-refractivity contribution in [2.24, 2.45) is 5.92 Å². The van der Waals surface area contributed by atoms with Crippen LogP contribution in [0.2, 0.25) is 0 Å². The van der Waals surface area contributed by atoms with E-state index in [1.165, 1.54) is 13.8 Å². The van der Waals surface area contributed by atoms with Crippen LogP contribution >= 0.6 is 0 Å². The molecule has 0 saturated carbocycles. The largest absolute Gasteiger partial charge is 0.381 e. The molecule has 1 unspecified atom stereocenters. The van der Waals surface area contributed by atoms with Gasteiger partial charge >= 0.3 is 0 Å². The van der Waals surface area contributed by atoms with Crippen molar-refractivity contribution in [3.8, 4) is 0 Å². The van der Waals surface area contributed by atoms with E-state index >= 15 is 0 Å². The Hall–Kier alpha value is -0.250. The standard InChI is InChI=1S/C7H13F3O/c1-5(2)7(9,10)6(3,11)4-8/h5,11H,4H2,1-3H3. The summed E-state index contributed by atoms with van der Waals surface area (Å²) in [5.41, 5.74) is -2.54. The molecule has 0 aliphatic rings. The van der Waals surface area contributed by atoms with Crippen LogP contribution < -0.4 is 0 Å². The first-order chi connectivity index (χ1) is 4.75. The zero-order valence-electron chi connectivity index (χ0n) is 6.87. The summed E-state index contributed by atoms with van der Waals surface area (Å²) in [7, 11) is 0. The molecule has 68 valence electrons. The van der Waals surface area contributed by atoms with Crippen LogP contribution in [0.1, 0.15) is 20.8 Å². The second-order valence-corrected chi connectivity index (χ2v) is 3.19. The molecule has 0 rings (SSSR count). The van der Waals surface area contributed by atoms with E-state index < -0.39 is 24.1 Å².